The van der Waals surface area contributed by atoms with Crippen molar-refractivity contribution in [3.05, 3.63) is 0 Å². The minimum Gasteiger partial charge on any atom is -0.166 e. The van der Waals surface area contributed by atoms with Crippen molar-refractivity contribution in [1.29, 1.82) is 0 Å². The molecule has 1 rings (SSSR count). The van der Waals surface area contributed by atoms with E-state index < -0.39 is 12.3 Å². The van der Waals surface area contributed by atoms with Crippen LogP contribution in [0.2, 0.25) is 0 Å². The van der Waals surface area contributed by atoms with E-state index in [1.165, 1.54) is 0 Å². The third-order valence-corrected chi connectivity index (χ3v) is 0.524. The fraction of sp³-hybridized carbons (Fsp3) is 1.00. The van der Waals surface area contributed by atoms with Gasteiger partial charge in [0.25, 0.3) is 6.17 Å². The highest BCUT2D eigenvalue weighted by Crippen LogP contribution is 2.31. The lowest BCUT2D eigenvalue weighted by Gasteiger charge is -1.95. The zero-order valence-electron chi connectivity index (χ0n) is 3.11. The van der Waals surface area contributed by atoms with Crippen molar-refractivity contribution in [2.24, 2.45) is 10.2 Å². The van der Waals surface area contributed by atoms with E-state index in [1.54, 1.807) is 0 Å². The minimum absolute atomic E-state index is 1.70. The molecule has 0 atom stereocenters. The first-order valence-corrected chi connectivity index (χ1v) is 1.57. The Morgan fingerprint density at radius 1 is 1.14 bits per heavy atom. The highest BCUT2D eigenvalue weighted by molar-refractivity contribution is 4.77. The molecule has 0 bridgehead atoms. The van der Waals surface area contributed by atoms with Crippen LogP contribution in [0, 0.1) is 0 Å². The highest BCUT2D eigenvalue weighted by atomic mass is 19.4. The second-order valence-electron chi connectivity index (χ2n) is 1.15. The van der Waals surface area contributed by atoms with Crippen molar-refractivity contribution in [3.8, 4) is 0 Å². The second-order valence-corrected chi connectivity index (χ2v) is 1.15. The Kier molecular flexibility index (Phi) is 0.625. The van der Waals surface area contributed by atoms with Gasteiger partial charge in [0.05, 0.1) is 0 Å². The topological polar surface area (TPSA) is 24.7 Å². The molecule has 2 nitrogen and oxygen atoms in total. The lowest BCUT2D eigenvalue weighted by Crippen LogP contribution is -2.15. The van der Waals surface area contributed by atoms with Crippen LogP contribution in [0.15, 0.2) is 10.2 Å². The zero-order chi connectivity index (χ0) is 5.49. The van der Waals surface area contributed by atoms with Gasteiger partial charge in [-0.25, -0.2) is 0 Å². The van der Waals surface area contributed by atoms with E-state index in [1.807, 2.05) is 0 Å². The van der Waals surface area contributed by atoms with Gasteiger partial charge >= 0.3 is 6.18 Å². The van der Waals surface area contributed by atoms with Crippen molar-refractivity contribution >= 4 is 0 Å². The van der Waals surface area contributed by atoms with E-state index in [9.17, 15) is 13.2 Å². The van der Waals surface area contributed by atoms with Crippen molar-refractivity contribution in [3.63, 3.8) is 0 Å². The standard InChI is InChI=1S/C2HF3N2/c3-2(4,5)1-6-7-1/h1H. The van der Waals surface area contributed by atoms with Crippen LogP contribution < -0.4 is 0 Å². The number of hydrogen-bond acceptors (Lipinski definition) is 2. The molecule has 0 aromatic carbocycles. The maximum atomic E-state index is 11.1. The van der Waals surface area contributed by atoms with Crippen molar-refractivity contribution in [2.75, 3.05) is 0 Å². The van der Waals surface area contributed by atoms with E-state index in [-0.39, 0.29) is 0 Å². The average Bonchev–Trinajstić information content (AvgIpc) is 1.99. The molecule has 0 fully saturated rings. The quantitative estimate of drug-likeness (QED) is 0.449. The summed E-state index contributed by atoms with van der Waals surface area (Å²) in [4.78, 5) is 0. The summed E-state index contributed by atoms with van der Waals surface area (Å²) in [5.74, 6) is 0. The molecule has 0 aromatic rings. The third-order valence-electron chi connectivity index (χ3n) is 0.524. The molecule has 0 unspecified atom stereocenters. The van der Waals surface area contributed by atoms with Crippen LogP contribution in [0.4, 0.5) is 13.2 Å². The summed E-state index contributed by atoms with van der Waals surface area (Å²) in [6.07, 6.45) is -5.92. The summed E-state index contributed by atoms with van der Waals surface area (Å²) in [6.45, 7) is 0. The number of rotatable bonds is 0. The summed E-state index contributed by atoms with van der Waals surface area (Å²) in [5.41, 5.74) is 0. The number of hydrogen-bond donors (Lipinski definition) is 0. The molecule has 0 saturated heterocycles. The van der Waals surface area contributed by atoms with Crippen molar-refractivity contribution in [1.82, 2.24) is 0 Å². The number of halogens is 3. The number of nitrogens with zero attached hydrogens (tertiary/aromatic N) is 2. The van der Waals surface area contributed by atoms with Gasteiger partial charge in [-0.05, 0) is 0 Å². The summed E-state index contributed by atoms with van der Waals surface area (Å²) in [6, 6.07) is 0. The second kappa shape index (κ2) is 0.962. The molecule has 0 spiro atoms. The number of alkyl halides is 3. The molecule has 0 saturated carbocycles. The molecule has 0 aliphatic carbocycles. The molecule has 0 radical (unpaired) electrons. The molecule has 40 valence electrons. The van der Waals surface area contributed by atoms with E-state index in [0.29, 0.717) is 0 Å². The van der Waals surface area contributed by atoms with Gasteiger partial charge in [0.15, 0.2) is 0 Å². The molecule has 1 aliphatic rings. The SMILES string of the molecule is FC(F)(F)C1N=N1. The molecular weight excluding hydrogens is 109 g/mol. The Morgan fingerprint density at radius 3 is 1.57 bits per heavy atom. The monoisotopic (exact) mass is 110 g/mol. The zero-order valence-corrected chi connectivity index (χ0v) is 3.11. The Morgan fingerprint density at radius 2 is 1.57 bits per heavy atom. The van der Waals surface area contributed by atoms with Crippen molar-refractivity contribution < 1.29 is 13.2 Å². The predicted molar refractivity (Wildman–Crippen MR) is 14.7 cm³/mol. The first-order chi connectivity index (χ1) is 3.11. The summed E-state index contributed by atoms with van der Waals surface area (Å²) >= 11 is 0. The molecule has 1 heterocycles. The normalized spacial score (nSPS) is 20.4. The van der Waals surface area contributed by atoms with Crippen LogP contribution in [-0.4, -0.2) is 12.3 Å². The fourth-order valence-corrected chi connectivity index (χ4v) is 0.164. The molecular formula is C2HF3N2. The van der Waals surface area contributed by atoms with Crippen LogP contribution >= 0.6 is 0 Å². The summed E-state index contributed by atoms with van der Waals surface area (Å²) in [5, 5.41) is 5.35. The maximum absolute atomic E-state index is 11.1. The van der Waals surface area contributed by atoms with Crippen LogP contribution in [-0.2, 0) is 0 Å². The molecule has 0 aromatic heterocycles. The van der Waals surface area contributed by atoms with E-state index in [4.69, 9.17) is 0 Å². The van der Waals surface area contributed by atoms with Crippen LogP contribution in [0.1, 0.15) is 0 Å². The first-order valence-electron chi connectivity index (χ1n) is 1.57. The lowest BCUT2D eigenvalue weighted by molar-refractivity contribution is -0.131. The van der Waals surface area contributed by atoms with Crippen LogP contribution in [0.25, 0.3) is 0 Å². The Bertz CT molecular complexity index is 98.0. The van der Waals surface area contributed by atoms with Gasteiger partial charge in [0.2, 0.25) is 0 Å². The van der Waals surface area contributed by atoms with Gasteiger partial charge in [-0.1, -0.05) is 0 Å². The van der Waals surface area contributed by atoms with E-state index in [2.05, 4.69) is 10.2 Å². The molecule has 1 aliphatic heterocycles. The fourth-order valence-electron chi connectivity index (χ4n) is 0.164. The summed E-state index contributed by atoms with van der Waals surface area (Å²) in [7, 11) is 0. The van der Waals surface area contributed by atoms with E-state index >= 15 is 0 Å². The van der Waals surface area contributed by atoms with Crippen molar-refractivity contribution in [2.45, 2.75) is 12.3 Å². The Hall–Kier alpha value is -0.610. The average molecular weight is 110 g/mol. The van der Waals surface area contributed by atoms with Crippen LogP contribution in [0.5, 0.6) is 0 Å². The van der Waals surface area contributed by atoms with Gasteiger partial charge in [-0.2, -0.15) is 23.4 Å². The van der Waals surface area contributed by atoms with E-state index in [0.717, 1.165) is 0 Å². The Labute approximate surface area is 37.0 Å². The first kappa shape index (κ1) is 4.55. The molecule has 0 N–H and O–H groups in total. The molecule has 0 amide bonds. The maximum Gasteiger partial charge on any atom is 0.434 e. The molecule has 7 heavy (non-hydrogen) atoms. The van der Waals surface area contributed by atoms with Gasteiger partial charge in [0.1, 0.15) is 0 Å². The third kappa shape index (κ3) is 0.880. The highest BCUT2D eigenvalue weighted by Gasteiger charge is 2.46. The van der Waals surface area contributed by atoms with Gasteiger partial charge in [-0.15, -0.1) is 0 Å². The predicted octanol–water partition coefficient (Wildman–Crippen LogP) is 1.34. The van der Waals surface area contributed by atoms with Gasteiger partial charge in [-0.3, -0.25) is 0 Å². The largest absolute Gasteiger partial charge is 0.434 e. The lowest BCUT2D eigenvalue weighted by atomic mass is 10.6. The minimum atomic E-state index is -4.22. The summed E-state index contributed by atoms with van der Waals surface area (Å²) < 4.78 is 33.2. The smallest absolute Gasteiger partial charge is 0.166 e. The molecule has 5 heteroatoms. The van der Waals surface area contributed by atoms with Gasteiger partial charge < -0.3 is 0 Å². The Balaban J connectivity index is 2.38. The van der Waals surface area contributed by atoms with Gasteiger partial charge in [0, 0.05) is 0 Å². The van der Waals surface area contributed by atoms with Crippen LogP contribution in [0.3, 0.4) is 0 Å².